The van der Waals surface area contributed by atoms with Crippen LogP contribution in [0.5, 0.6) is 11.5 Å². The first-order valence-corrected chi connectivity index (χ1v) is 11.2. The van der Waals surface area contributed by atoms with E-state index in [1.165, 1.54) is 0 Å². The first kappa shape index (κ1) is 22.3. The quantitative estimate of drug-likeness (QED) is 0.184. The fourth-order valence-corrected chi connectivity index (χ4v) is 4.06. The predicted octanol–water partition coefficient (Wildman–Crippen LogP) is 7.12. The summed E-state index contributed by atoms with van der Waals surface area (Å²) in [5, 5.41) is 1.05. The van der Waals surface area contributed by atoms with Crippen LogP contribution in [0.3, 0.4) is 0 Å². The van der Waals surface area contributed by atoms with Crippen molar-refractivity contribution in [3.05, 3.63) is 101 Å². The van der Waals surface area contributed by atoms with E-state index >= 15 is 0 Å². The first-order valence-electron chi connectivity index (χ1n) is 10.5. The summed E-state index contributed by atoms with van der Waals surface area (Å²) in [4.78, 5) is 4.77. The van der Waals surface area contributed by atoms with Crippen LogP contribution in [0.2, 0.25) is 10.0 Å². The van der Waals surface area contributed by atoms with Gasteiger partial charge in [0.05, 0.1) is 22.7 Å². The molecule has 0 amide bonds. The van der Waals surface area contributed by atoms with Crippen molar-refractivity contribution >= 4 is 34.2 Å². The Labute approximate surface area is 198 Å². The number of hydrogen-bond donors (Lipinski definition) is 0. The SMILES string of the molecule is C=CCc1ccccc1OCCCn1c(COc2ccc(Cl)cc2Cl)nc2ccccc21. The molecule has 1 heterocycles. The van der Waals surface area contributed by atoms with E-state index in [2.05, 4.69) is 23.3 Å². The molecule has 4 nitrogen and oxygen atoms in total. The van der Waals surface area contributed by atoms with Gasteiger partial charge in [0.2, 0.25) is 0 Å². The summed E-state index contributed by atoms with van der Waals surface area (Å²) < 4.78 is 14.2. The maximum atomic E-state index is 6.25. The molecule has 1 aromatic heterocycles. The molecule has 0 unspecified atom stereocenters. The lowest BCUT2D eigenvalue weighted by Crippen LogP contribution is -2.10. The van der Waals surface area contributed by atoms with Crippen molar-refractivity contribution in [3.8, 4) is 11.5 Å². The normalized spacial score (nSPS) is 10.9. The molecule has 0 fully saturated rings. The summed E-state index contributed by atoms with van der Waals surface area (Å²) >= 11 is 12.2. The van der Waals surface area contributed by atoms with Crippen molar-refractivity contribution in [2.24, 2.45) is 0 Å². The van der Waals surface area contributed by atoms with E-state index in [9.17, 15) is 0 Å². The van der Waals surface area contributed by atoms with Crippen molar-refractivity contribution < 1.29 is 9.47 Å². The van der Waals surface area contributed by atoms with Gasteiger partial charge in [0.15, 0.2) is 0 Å². The van der Waals surface area contributed by atoms with Gasteiger partial charge in [0.1, 0.15) is 23.9 Å². The highest BCUT2D eigenvalue weighted by Gasteiger charge is 2.12. The summed E-state index contributed by atoms with van der Waals surface area (Å²) in [6.07, 6.45) is 3.51. The predicted molar refractivity (Wildman–Crippen MR) is 131 cm³/mol. The van der Waals surface area contributed by atoms with Crippen LogP contribution in [-0.2, 0) is 19.6 Å². The van der Waals surface area contributed by atoms with Gasteiger partial charge in [-0.05, 0) is 54.8 Å². The van der Waals surface area contributed by atoms with Crippen LogP contribution < -0.4 is 9.47 Å². The van der Waals surface area contributed by atoms with Gasteiger partial charge in [-0.25, -0.2) is 4.98 Å². The Kier molecular flexibility index (Phi) is 7.35. The standard InChI is InChI=1S/C26H24Cl2N2O2/c1-2-8-19-9-3-6-12-24(19)31-16-7-15-30-23-11-5-4-10-22(23)29-26(30)18-32-25-14-13-20(27)17-21(25)28/h2-6,9-14,17H,1,7-8,15-16,18H2. The molecule has 0 aliphatic heterocycles. The van der Waals surface area contributed by atoms with Crippen molar-refractivity contribution in [1.82, 2.24) is 9.55 Å². The number of fused-ring (bicyclic) bond motifs is 1. The number of hydrogen-bond acceptors (Lipinski definition) is 3. The lowest BCUT2D eigenvalue weighted by molar-refractivity contribution is 0.280. The second-order valence-corrected chi connectivity index (χ2v) is 8.18. The van der Waals surface area contributed by atoms with Crippen molar-refractivity contribution in [2.45, 2.75) is 26.0 Å². The number of imidazole rings is 1. The molecule has 4 rings (SSSR count). The Hall–Kier alpha value is -2.95. The summed E-state index contributed by atoms with van der Waals surface area (Å²) in [5.74, 6) is 2.32. The molecule has 0 bridgehead atoms. The summed E-state index contributed by atoms with van der Waals surface area (Å²) in [7, 11) is 0. The fourth-order valence-electron chi connectivity index (χ4n) is 3.59. The van der Waals surface area contributed by atoms with Gasteiger partial charge in [-0.1, -0.05) is 59.6 Å². The smallest absolute Gasteiger partial charge is 0.148 e. The number of aryl methyl sites for hydroxylation is 1. The van der Waals surface area contributed by atoms with Crippen LogP contribution in [0.25, 0.3) is 11.0 Å². The molecule has 0 atom stereocenters. The van der Waals surface area contributed by atoms with E-state index in [1.54, 1.807) is 18.2 Å². The largest absolute Gasteiger partial charge is 0.493 e. The van der Waals surface area contributed by atoms with Crippen LogP contribution in [0.4, 0.5) is 0 Å². The molecule has 0 saturated carbocycles. The second-order valence-electron chi connectivity index (χ2n) is 7.33. The molecular weight excluding hydrogens is 443 g/mol. The molecule has 0 N–H and O–H groups in total. The minimum Gasteiger partial charge on any atom is -0.493 e. The van der Waals surface area contributed by atoms with E-state index in [4.69, 9.17) is 37.7 Å². The summed E-state index contributed by atoms with van der Waals surface area (Å²) in [6, 6.07) is 21.4. The Balaban J connectivity index is 1.45. The van der Waals surface area contributed by atoms with Crippen molar-refractivity contribution in [2.75, 3.05) is 6.61 Å². The number of halogens is 2. The number of ether oxygens (including phenoxy) is 2. The first-order chi connectivity index (χ1) is 15.7. The Morgan fingerprint density at radius 1 is 0.938 bits per heavy atom. The molecule has 0 spiro atoms. The number of aromatic nitrogens is 2. The molecule has 164 valence electrons. The third kappa shape index (κ3) is 5.26. The van der Waals surface area contributed by atoms with Crippen LogP contribution >= 0.6 is 23.2 Å². The van der Waals surface area contributed by atoms with Crippen LogP contribution in [0.1, 0.15) is 17.8 Å². The Bertz CT molecular complexity index is 1220. The zero-order valence-electron chi connectivity index (χ0n) is 17.6. The topological polar surface area (TPSA) is 36.3 Å². The minimum absolute atomic E-state index is 0.305. The highest BCUT2D eigenvalue weighted by atomic mass is 35.5. The van der Waals surface area contributed by atoms with E-state index in [0.717, 1.165) is 47.6 Å². The maximum Gasteiger partial charge on any atom is 0.148 e. The zero-order valence-corrected chi connectivity index (χ0v) is 19.1. The molecule has 6 heteroatoms. The molecule has 3 aromatic carbocycles. The third-order valence-electron chi connectivity index (χ3n) is 5.10. The van der Waals surface area contributed by atoms with Crippen LogP contribution in [-0.4, -0.2) is 16.2 Å². The summed E-state index contributed by atoms with van der Waals surface area (Å²) in [6.45, 7) is 5.49. The molecule has 0 aliphatic rings. The number of benzene rings is 3. The maximum absolute atomic E-state index is 6.25. The number of rotatable bonds is 10. The average molecular weight is 467 g/mol. The molecular formula is C26H24Cl2N2O2. The van der Waals surface area contributed by atoms with Crippen LogP contribution in [0.15, 0.2) is 79.4 Å². The minimum atomic E-state index is 0.305. The van der Waals surface area contributed by atoms with Gasteiger partial charge >= 0.3 is 0 Å². The highest BCUT2D eigenvalue weighted by Crippen LogP contribution is 2.28. The van der Waals surface area contributed by atoms with Gasteiger partial charge in [-0.3, -0.25) is 0 Å². The van der Waals surface area contributed by atoms with Crippen molar-refractivity contribution in [3.63, 3.8) is 0 Å². The van der Waals surface area contributed by atoms with E-state index < -0.39 is 0 Å². The van der Waals surface area contributed by atoms with Crippen LogP contribution in [0, 0.1) is 0 Å². The highest BCUT2D eigenvalue weighted by molar-refractivity contribution is 6.35. The fraction of sp³-hybridized carbons (Fsp3) is 0.192. The van der Waals surface area contributed by atoms with E-state index in [0.29, 0.717) is 29.0 Å². The molecule has 0 saturated heterocycles. The molecule has 0 aliphatic carbocycles. The molecule has 32 heavy (non-hydrogen) atoms. The Morgan fingerprint density at radius 3 is 2.59 bits per heavy atom. The summed E-state index contributed by atoms with van der Waals surface area (Å²) in [5.41, 5.74) is 3.15. The van der Waals surface area contributed by atoms with Crippen molar-refractivity contribution in [1.29, 1.82) is 0 Å². The Morgan fingerprint density at radius 2 is 1.75 bits per heavy atom. The van der Waals surface area contributed by atoms with Gasteiger partial charge < -0.3 is 14.0 Å². The number of nitrogens with zero attached hydrogens (tertiary/aromatic N) is 2. The van der Waals surface area contributed by atoms with Gasteiger partial charge in [-0.15, -0.1) is 6.58 Å². The number of para-hydroxylation sites is 3. The zero-order chi connectivity index (χ0) is 22.3. The lowest BCUT2D eigenvalue weighted by Gasteiger charge is -2.13. The third-order valence-corrected chi connectivity index (χ3v) is 5.64. The monoisotopic (exact) mass is 466 g/mol. The molecule has 0 radical (unpaired) electrons. The number of allylic oxidation sites excluding steroid dienone is 1. The van der Waals surface area contributed by atoms with Gasteiger partial charge in [0, 0.05) is 11.6 Å². The van der Waals surface area contributed by atoms with Gasteiger partial charge in [-0.2, -0.15) is 0 Å². The average Bonchev–Trinajstić information content (AvgIpc) is 3.15. The second kappa shape index (κ2) is 10.6. The lowest BCUT2D eigenvalue weighted by atomic mass is 10.1. The molecule has 4 aromatic rings. The van der Waals surface area contributed by atoms with E-state index in [1.807, 2.05) is 42.5 Å². The van der Waals surface area contributed by atoms with Gasteiger partial charge in [0.25, 0.3) is 0 Å². The van der Waals surface area contributed by atoms with E-state index in [-0.39, 0.29) is 0 Å².